The van der Waals surface area contributed by atoms with Crippen LogP contribution in [0.2, 0.25) is 0 Å². The molecule has 0 bridgehead atoms. The molecule has 0 atom stereocenters. The second kappa shape index (κ2) is 5.56. The Bertz CT molecular complexity index is 667. The number of carbonyl (C=O) groups is 1. The molecule has 1 amide bonds. The monoisotopic (exact) mass is 284 g/mol. The summed E-state index contributed by atoms with van der Waals surface area (Å²) in [6.07, 6.45) is 0. The number of fused-ring (bicyclic) bond motifs is 1. The van der Waals surface area contributed by atoms with Gasteiger partial charge in [-0.25, -0.2) is 4.39 Å². The number of benzene rings is 2. The molecule has 0 fully saturated rings. The van der Waals surface area contributed by atoms with E-state index in [1.807, 2.05) is 43.3 Å². The zero-order chi connectivity index (χ0) is 14.8. The Balaban J connectivity index is 1.81. The molecule has 1 heterocycles. The molecule has 1 aliphatic rings. The van der Waals surface area contributed by atoms with Gasteiger partial charge in [0, 0.05) is 23.5 Å². The van der Waals surface area contributed by atoms with E-state index in [-0.39, 0.29) is 5.91 Å². The molecule has 0 spiro atoms. The fraction of sp³-hybridized carbons (Fsp3) is 0.235. The maximum absolute atomic E-state index is 12.4. The van der Waals surface area contributed by atoms with Crippen molar-refractivity contribution in [3.8, 4) is 0 Å². The van der Waals surface area contributed by atoms with E-state index in [2.05, 4.69) is 11.4 Å². The Kier molecular flexibility index (Phi) is 3.60. The first kappa shape index (κ1) is 13.6. The molecule has 0 aliphatic carbocycles. The summed E-state index contributed by atoms with van der Waals surface area (Å²) in [4.78, 5) is 14.2. The number of carbonyl (C=O) groups excluding carboxylic acids is 1. The minimum atomic E-state index is -0.402. The van der Waals surface area contributed by atoms with Gasteiger partial charge in [0.1, 0.15) is 6.67 Å². The molecule has 108 valence electrons. The SMILES string of the molecule is Cc1ccc2c(c1)CN(c1ccc(NCCF)cc1)C2=O. The van der Waals surface area contributed by atoms with Crippen LogP contribution < -0.4 is 10.2 Å². The van der Waals surface area contributed by atoms with E-state index in [9.17, 15) is 9.18 Å². The first-order chi connectivity index (χ1) is 10.2. The van der Waals surface area contributed by atoms with E-state index in [1.54, 1.807) is 4.90 Å². The quantitative estimate of drug-likeness (QED) is 0.931. The zero-order valence-corrected chi connectivity index (χ0v) is 11.9. The van der Waals surface area contributed by atoms with Crippen LogP contribution in [0.25, 0.3) is 0 Å². The van der Waals surface area contributed by atoms with E-state index in [0.29, 0.717) is 13.1 Å². The Labute approximate surface area is 123 Å². The van der Waals surface area contributed by atoms with Crippen LogP contribution in [0.15, 0.2) is 42.5 Å². The number of hydrogen-bond acceptors (Lipinski definition) is 2. The number of rotatable bonds is 4. The van der Waals surface area contributed by atoms with Crippen molar-refractivity contribution in [2.24, 2.45) is 0 Å². The molecule has 0 aromatic heterocycles. The highest BCUT2D eigenvalue weighted by Crippen LogP contribution is 2.29. The van der Waals surface area contributed by atoms with Crippen molar-refractivity contribution in [1.29, 1.82) is 0 Å². The van der Waals surface area contributed by atoms with Crippen molar-refractivity contribution in [1.82, 2.24) is 0 Å². The van der Waals surface area contributed by atoms with Crippen molar-refractivity contribution in [3.05, 3.63) is 59.2 Å². The van der Waals surface area contributed by atoms with Crippen LogP contribution in [0.4, 0.5) is 15.8 Å². The van der Waals surface area contributed by atoms with Gasteiger partial charge in [0.25, 0.3) is 5.91 Å². The highest BCUT2D eigenvalue weighted by Gasteiger charge is 2.28. The second-order valence-corrected chi connectivity index (χ2v) is 5.21. The molecule has 0 saturated heterocycles. The molecule has 0 radical (unpaired) electrons. The lowest BCUT2D eigenvalue weighted by atomic mass is 10.1. The van der Waals surface area contributed by atoms with Gasteiger partial charge in [-0.05, 0) is 42.8 Å². The van der Waals surface area contributed by atoms with Gasteiger partial charge in [0.2, 0.25) is 0 Å². The average molecular weight is 284 g/mol. The number of amides is 1. The summed E-state index contributed by atoms with van der Waals surface area (Å²) in [5.41, 5.74) is 4.73. The van der Waals surface area contributed by atoms with Gasteiger partial charge in [-0.1, -0.05) is 17.7 Å². The highest BCUT2D eigenvalue weighted by molar-refractivity contribution is 6.10. The number of anilines is 2. The summed E-state index contributed by atoms with van der Waals surface area (Å²) in [6.45, 7) is 2.53. The minimum Gasteiger partial charge on any atom is -0.382 e. The number of halogens is 1. The lowest BCUT2D eigenvalue weighted by Crippen LogP contribution is -2.22. The van der Waals surface area contributed by atoms with Crippen LogP contribution in [0.5, 0.6) is 0 Å². The predicted molar refractivity (Wildman–Crippen MR) is 82.6 cm³/mol. The molecule has 2 aromatic rings. The smallest absolute Gasteiger partial charge is 0.258 e. The van der Waals surface area contributed by atoms with Gasteiger partial charge in [-0.15, -0.1) is 0 Å². The Hall–Kier alpha value is -2.36. The lowest BCUT2D eigenvalue weighted by Gasteiger charge is -2.16. The fourth-order valence-electron chi connectivity index (χ4n) is 2.61. The summed E-state index contributed by atoms with van der Waals surface area (Å²) in [6, 6.07) is 13.4. The Morgan fingerprint density at radius 1 is 1.19 bits per heavy atom. The molecule has 3 nitrogen and oxygen atoms in total. The van der Waals surface area contributed by atoms with Gasteiger partial charge >= 0.3 is 0 Å². The summed E-state index contributed by atoms with van der Waals surface area (Å²) in [5, 5.41) is 2.97. The molecule has 0 saturated carbocycles. The highest BCUT2D eigenvalue weighted by atomic mass is 19.1. The van der Waals surface area contributed by atoms with Crippen LogP contribution >= 0.6 is 0 Å². The summed E-state index contributed by atoms with van der Waals surface area (Å²) < 4.78 is 12.1. The standard InChI is InChI=1S/C17H17FN2O/c1-12-2-7-16-13(10-12)11-20(17(16)21)15-5-3-14(4-6-15)19-9-8-18/h2-7,10,19H,8-9,11H2,1H3. The number of nitrogens with one attached hydrogen (secondary N) is 1. The van der Waals surface area contributed by atoms with Crippen LogP contribution in [-0.2, 0) is 6.54 Å². The predicted octanol–water partition coefficient (Wildman–Crippen LogP) is 3.54. The van der Waals surface area contributed by atoms with Crippen LogP contribution in [0.1, 0.15) is 21.5 Å². The van der Waals surface area contributed by atoms with Crippen LogP contribution in [0, 0.1) is 6.92 Å². The van der Waals surface area contributed by atoms with Gasteiger partial charge in [-0.2, -0.15) is 0 Å². The van der Waals surface area contributed by atoms with Crippen molar-refractivity contribution in [2.75, 3.05) is 23.4 Å². The van der Waals surface area contributed by atoms with E-state index >= 15 is 0 Å². The minimum absolute atomic E-state index is 0.0365. The molecule has 1 aliphatic heterocycles. The van der Waals surface area contributed by atoms with Crippen LogP contribution in [0.3, 0.4) is 0 Å². The molecule has 1 N–H and O–H groups in total. The third kappa shape index (κ3) is 2.61. The number of hydrogen-bond donors (Lipinski definition) is 1. The summed E-state index contributed by atoms with van der Waals surface area (Å²) >= 11 is 0. The van der Waals surface area contributed by atoms with E-state index in [4.69, 9.17) is 0 Å². The largest absolute Gasteiger partial charge is 0.382 e. The lowest BCUT2D eigenvalue weighted by molar-refractivity contribution is 0.0996. The fourth-order valence-corrected chi connectivity index (χ4v) is 2.61. The zero-order valence-electron chi connectivity index (χ0n) is 11.9. The molecule has 3 rings (SSSR count). The summed E-state index contributed by atoms with van der Waals surface area (Å²) in [5.74, 6) is 0.0365. The second-order valence-electron chi connectivity index (χ2n) is 5.21. The number of aryl methyl sites for hydroxylation is 1. The molecular formula is C17H17FN2O. The van der Waals surface area contributed by atoms with Crippen molar-refractivity contribution in [2.45, 2.75) is 13.5 Å². The van der Waals surface area contributed by atoms with Gasteiger partial charge in [-0.3, -0.25) is 4.79 Å². The molecule has 2 aromatic carbocycles. The molecular weight excluding hydrogens is 267 g/mol. The third-order valence-electron chi connectivity index (χ3n) is 3.67. The van der Waals surface area contributed by atoms with Crippen LogP contribution in [-0.4, -0.2) is 19.1 Å². The first-order valence-corrected chi connectivity index (χ1v) is 7.00. The first-order valence-electron chi connectivity index (χ1n) is 7.00. The van der Waals surface area contributed by atoms with Crippen molar-refractivity contribution < 1.29 is 9.18 Å². The van der Waals surface area contributed by atoms with E-state index < -0.39 is 6.67 Å². The molecule has 0 unspecified atom stereocenters. The average Bonchev–Trinajstić information content (AvgIpc) is 2.82. The van der Waals surface area contributed by atoms with Gasteiger partial charge in [0.05, 0.1) is 6.54 Å². The van der Waals surface area contributed by atoms with E-state index in [0.717, 1.165) is 28.1 Å². The van der Waals surface area contributed by atoms with E-state index in [1.165, 1.54) is 0 Å². The van der Waals surface area contributed by atoms with Crippen molar-refractivity contribution >= 4 is 17.3 Å². The summed E-state index contributed by atoms with van der Waals surface area (Å²) in [7, 11) is 0. The number of nitrogens with zero attached hydrogens (tertiary/aromatic N) is 1. The molecule has 4 heteroatoms. The Morgan fingerprint density at radius 3 is 2.67 bits per heavy atom. The molecule has 21 heavy (non-hydrogen) atoms. The van der Waals surface area contributed by atoms with Gasteiger partial charge in [0.15, 0.2) is 0 Å². The topological polar surface area (TPSA) is 32.3 Å². The third-order valence-corrected chi connectivity index (χ3v) is 3.67. The van der Waals surface area contributed by atoms with Crippen molar-refractivity contribution in [3.63, 3.8) is 0 Å². The van der Waals surface area contributed by atoms with Gasteiger partial charge < -0.3 is 10.2 Å². The normalized spacial score (nSPS) is 13.4. The maximum atomic E-state index is 12.4. The Morgan fingerprint density at radius 2 is 1.95 bits per heavy atom. The number of alkyl halides is 1. The maximum Gasteiger partial charge on any atom is 0.258 e.